The van der Waals surface area contributed by atoms with Gasteiger partial charge in [-0.3, -0.25) is 4.57 Å². The van der Waals surface area contributed by atoms with Crippen LogP contribution >= 0.6 is 11.8 Å². The molecule has 0 radical (unpaired) electrons. The molecule has 0 aliphatic heterocycles. The average Bonchev–Trinajstić information content (AvgIpc) is 2.78. The van der Waals surface area contributed by atoms with E-state index in [1.54, 1.807) is 4.57 Å². The lowest BCUT2D eigenvalue weighted by molar-refractivity contribution is 0.534. The summed E-state index contributed by atoms with van der Waals surface area (Å²) in [7, 11) is 0. The molecule has 1 aromatic heterocycles. The van der Waals surface area contributed by atoms with Crippen LogP contribution in [0.5, 0.6) is 0 Å². The van der Waals surface area contributed by atoms with E-state index in [0.29, 0.717) is 11.2 Å². The molecule has 2 N–H and O–H groups in total. The number of nitrogens with one attached hydrogen (secondary N) is 2. The van der Waals surface area contributed by atoms with Gasteiger partial charge in [-0.25, -0.2) is 9.89 Å². The Labute approximate surface area is 129 Å². The third-order valence-electron chi connectivity index (χ3n) is 3.06. The number of H-pyrrole nitrogens is 1. The van der Waals surface area contributed by atoms with Gasteiger partial charge in [0.15, 0.2) is 5.16 Å². The molecule has 21 heavy (non-hydrogen) atoms. The Morgan fingerprint density at radius 1 is 1.29 bits per heavy atom. The summed E-state index contributed by atoms with van der Waals surface area (Å²) in [5.41, 5.74) is 1.05. The third-order valence-corrected chi connectivity index (χ3v) is 4.15. The lowest BCUT2D eigenvalue weighted by Crippen LogP contribution is -2.22. The Balaban J connectivity index is 2.26. The van der Waals surface area contributed by atoms with Gasteiger partial charge in [0.25, 0.3) is 0 Å². The summed E-state index contributed by atoms with van der Waals surface area (Å²) in [4.78, 5) is 12.9. The highest BCUT2D eigenvalue weighted by atomic mass is 32.2. The maximum absolute atomic E-state index is 11.8. The highest BCUT2D eigenvalue weighted by Gasteiger charge is 2.14. The molecule has 2 rings (SSSR count). The van der Waals surface area contributed by atoms with Gasteiger partial charge in [-0.1, -0.05) is 32.0 Å². The third kappa shape index (κ3) is 3.98. The van der Waals surface area contributed by atoms with Gasteiger partial charge in [-0.15, -0.1) is 5.10 Å². The highest BCUT2D eigenvalue weighted by molar-refractivity contribution is 7.99. The van der Waals surface area contributed by atoms with Crippen molar-refractivity contribution in [2.45, 2.75) is 56.4 Å². The summed E-state index contributed by atoms with van der Waals surface area (Å²) in [6.07, 6.45) is 0. The van der Waals surface area contributed by atoms with E-state index in [1.165, 1.54) is 17.3 Å². The predicted molar refractivity (Wildman–Crippen MR) is 85.8 cm³/mol. The van der Waals surface area contributed by atoms with Crippen LogP contribution < -0.4 is 11.0 Å². The molecule has 2 aromatic rings. The van der Waals surface area contributed by atoms with E-state index in [0.717, 1.165) is 11.4 Å². The van der Waals surface area contributed by atoms with Crippen LogP contribution in [0.4, 0.5) is 0 Å². The number of benzene rings is 1. The van der Waals surface area contributed by atoms with Gasteiger partial charge < -0.3 is 5.32 Å². The fourth-order valence-corrected chi connectivity index (χ4v) is 3.08. The largest absolute Gasteiger partial charge is 0.344 e. The first kappa shape index (κ1) is 15.9. The van der Waals surface area contributed by atoms with Crippen LogP contribution in [0.2, 0.25) is 0 Å². The van der Waals surface area contributed by atoms with Crippen molar-refractivity contribution in [2.24, 2.45) is 0 Å². The SMILES string of the molecule is CC(C)NCc1ccccc1Sc1n[nH]c(=O)n1C(C)C. The van der Waals surface area contributed by atoms with E-state index >= 15 is 0 Å². The number of hydrogen-bond acceptors (Lipinski definition) is 4. The van der Waals surface area contributed by atoms with Crippen molar-refractivity contribution in [2.75, 3.05) is 0 Å². The average molecular weight is 306 g/mol. The molecule has 0 atom stereocenters. The zero-order chi connectivity index (χ0) is 15.4. The Kier molecular flexibility index (Phi) is 5.25. The first-order chi connectivity index (χ1) is 9.99. The molecule has 0 fully saturated rings. The molecule has 0 saturated carbocycles. The molecule has 0 amide bonds. The predicted octanol–water partition coefficient (Wildman–Crippen LogP) is 2.80. The molecule has 0 aliphatic carbocycles. The van der Waals surface area contributed by atoms with E-state index < -0.39 is 0 Å². The van der Waals surface area contributed by atoms with Crippen molar-refractivity contribution in [3.63, 3.8) is 0 Å². The summed E-state index contributed by atoms with van der Waals surface area (Å²) >= 11 is 1.52. The van der Waals surface area contributed by atoms with Gasteiger partial charge in [-0.2, -0.15) is 0 Å². The van der Waals surface area contributed by atoms with E-state index in [-0.39, 0.29) is 11.7 Å². The zero-order valence-electron chi connectivity index (χ0n) is 12.9. The summed E-state index contributed by atoms with van der Waals surface area (Å²) in [5.74, 6) is 0. The number of aromatic nitrogens is 3. The smallest absolute Gasteiger partial charge is 0.310 e. The Bertz CT molecular complexity index is 645. The second kappa shape index (κ2) is 6.95. The highest BCUT2D eigenvalue weighted by Crippen LogP contribution is 2.29. The van der Waals surface area contributed by atoms with Gasteiger partial charge in [0.05, 0.1) is 0 Å². The van der Waals surface area contributed by atoms with Crippen molar-refractivity contribution in [3.05, 3.63) is 40.3 Å². The standard InChI is InChI=1S/C15H22N4OS/c1-10(2)16-9-12-7-5-6-8-13(12)21-15-18-17-14(20)19(15)11(3)4/h5-8,10-11,16H,9H2,1-4H3,(H,17,20). The van der Waals surface area contributed by atoms with E-state index in [1.807, 2.05) is 26.0 Å². The van der Waals surface area contributed by atoms with Crippen molar-refractivity contribution in [3.8, 4) is 0 Å². The molecular formula is C15H22N4OS. The molecular weight excluding hydrogens is 284 g/mol. The molecule has 6 heteroatoms. The molecule has 0 saturated heterocycles. The number of aromatic amines is 1. The lowest BCUT2D eigenvalue weighted by atomic mass is 10.2. The maximum Gasteiger partial charge on any atom is 0.344 e. The van der Waals surface area contributed by atoms with Crippen LogP contribution in [0.1, 0.15) is 39.3 Å². The molecule has 114 valence electrons. The van der Waals surface area contributed by atoms with Crippen LogP contribution in [-0.2, 0) is 6.54 Å². The van der Waals surface area contributed by atoms with Crippen molar-refractivity contribution >= 4 is 11.8 Å². The molecule has 5 nitrogen and oxygen atoms in total. The molecule has 0 unspecified atom stereocenters. The fraction of sp³-hybridized carbons (Fsp3) is 0.467. The van der Waals surface area contributed by atoms with Gasteiger partial charge in [0.2, 0.25) is 0 Å². The minimum absolute atomic E-state index is 0.0831. The van der Waals surface area contributed by atoms with Crippen molar-refractivity contribution in [1.82, 2.24) is 20.1 Å². The molecule has 0 spiro atoms. The minimum atomic E-state index is -0.162. The van der Waals surface area contributed by atoms with Gasteiger partial charge in [-0.05, 0) is 37.2 Å². The van der Waals surface area contributed by atoms with Gasteiger partial charge in [0, 0.05) is 23.5 Å². The first-order valence-corrected chi connectivity index (χ1v) is 7.96. The second-order valence-corrected chi connectivity index (χ2v) is 6.53. The molecule has 0 aliphatic rings. The minimum Gasteiger partial charge on any atom is -0.310 e. The summed E-state index contributed by atoms with van der Waals surface area (Å²) in [6.45, 7) is 9.01. The van der Waals surface area contributed by atoms with E-state index in [2.05, 4.69) is 41.5 Å². The Morgan fingerprint density at radius 3 is 2.67 bits per heavy atom. The van der Waals surface area contributed by atoms with Crippen LogP contribution in [-0.4, -0.2) is 20.8 Å². The Hall–Kier alpha value is -1.53. The van der Waals surface area contributed by atoms with Gasteiger partial charge >= 0.3 is 5.69 Å². The number of nitrogens with zero attached hydrogens (tertiary/aromatic N) is 2. The van der Waals surface area contributed by atoms with E-state index in [9.17, 15) is 4.79 Å². The molecule has 0 bridgehead atoms. The first-order valence-electron chi connectivity index (χ1n) is 7.15. The molecule has 1 heterocycles. The maximum atomic E-state index is 11.8. The van der Waals surface area contributed by atoms with Gasteiger partial charge in [0.1, 0.15) is 0 Å². The Morgan fingerprint density at radius 2 is 2.00 bits per heavy atom. The topological polar surface area (TPSA) is 62.7 Å². The quantitative estimate of drug-likeness (QED) is 0.861. The lowest BCUT2D eigenvalue weighted by Gasteiger charge is -2.13. The van der Waals surface area contributed by atoms with Crippen LogP contribution in [0.15, 0.2) is 39.1 Å². The molecule has 1 aromatic carbocycles. The fourth-order valence-electron chi connectivity index (χ4n) is 1.98. The zero-order valence-corrected chi connectivity index (χ0v) is 13.7. The van der Waals surface area contributed by atoms with Crippen molar-refractivity contribution < 1.29 is 0 Å². The van der Waals surface area contributed by atoms with Crippen LogP contribution in [0.3, 0.4) is 0 Å². The monoisotopic (exact) mass is 306 g/mol. The van der Waals surface area contributed by atoms with Crippen LogP contribution in [0, 0.1) is 0 Å². The number of rotatable bonds is 6. The summed E-state index contributed by atoms with van der Waals surface area (Å²) in [6, 6.07) is 8.71. The second-order valence-electron chi connectivity index (χ2n) is 5.52. The summed E-state index contributed by atoms with van der Waals surface area (Å²) < 4.78 is 1.68. The van der Waals surface area contributed by atoms with Crippen molar-refractivity contribution in [1.29, 1.82) is 0 Å². The normalized spacial score (nSPS) is 11.5. The number of hydrogen-bond donors (Lipinski definition) is 2. The van der Waals surface area contributed by atoms with Crippen LogP contribution in [0.25, 0.3) is 0 Å². The summed E-state index contributed by atoms with van der Waals surface area (Å²) in [5, 5.41) is 10.8. The van der Waals surface area contributed by atoms with E-state index in [4.69, 9.17) is 0 Å².